The predicted octanol–water partition coefficient (Wildman–Crippen LogP) is 3.28. The Morgan fingerprint density at radius 1 is 1.14 bits per heavy atom. The third kappa shape index (κ3) is 8.39. The number of rotatable bonds is 10. The Morgan fingerprint density at radius 3 is 2.59 bits per heavy atom. The fourth-order valence-electron chi connectivity index (χ4n) is 2.17. The number of anilines is 1. The summed E-state index contributed by atoms with van der Waals surface area (Å²) < 4.78 is 0. The molecule has 0 aliphatic carbocycles. The van der Waals surface area contributed by atoms with Crippen molar-refractivity contribution in [3.8, 4) is 0 Å². The normalized spacial score (nSPS) is 11.7. The monoisotopic (exact) mass is 305 g/mol. The predicted molar refractivity (Wildman–Crippen MR) is 88.5 cm³/mol. The van der Waals surface area contributed by atoms with Crippen LogP contribution in [-0.4, -0.2) is 22.8 Å². The van der Waals surface area contributed by atoms with Gasteiger partial charge in [0.2, 0.25) is 11.8 Å². The van der Waals surface area contributed by atoms with Crippen molar-refractivity contribution in [1.82, 2.24) is 10.3 Å². The molecule has 2 N–H and O–H groups in total. The number of hydrogen-bond donors (Lipinski definition) is 2. The summed E-state index contributed by atoms with van der Waals surface area (Å²) in [6.45, 7) is 4.20. The molecule has 1 heterocycles. The maximum Gasteiger partial charge on any atom is 0.225 e. The minimum Gasteiger partial charge on any atom is -0.354 e. The number of pyridine rings is 1. The average Bonchev–Trinajstić information content (AvgIpc) is 2.48. The van der Waals surface area contributed by atoms with Crippen molar-refractivity contribution in [2.75, 3.05) is 5.32 Å². The molecule has 0 aliphatic heterocycles. The molecule has 0 radical (unpaired) electrons. The number of amides is 2. The highest BCUT2D eigenvalue weighted by Crippen LogP contribution is 2.05. The summed E-state index contributed by atoms with van der Waals surface area (Å²) in [5, 5.41) is 5.69. The van der Waals surface area contributed by atoms with Gasteiger partial charge in [0.15, 0.2) is 0 Å². The number of unbranched alkanes of at least 4 members (excludes halogenated alkanes) is 2. The Morgan fingerprint density at radius 2 is 1.91 bits per heavy atom. The van der Waals surface area contributed by atoms with E-state index in [1.54, 1.807) is 18.3 Å². The number of carbonyl (C=O) groups excluding carboxylic acids is 2. The fourth-order valence-corrected chi connectivity index (χ4v) is 2.17. The number of carbonyl (C=O) groups is 2. The van der Waals surface area contributed by atoms with Gasteiger partial charge in [0.05, 0.1) is 0 Å². The van der Waals surface area contributed by atoms with Gasteiger partial charge in [-0.2, -0.15) is 0 Å². The van der Waals surface area contributed by atoms with Crippen molar-refractivity contribution in [1.29, 1.82) is 0 Å². The number of nitrogens with one attached hydrogen (secondary N) is 2. The molecule has 1 rings (SSSR count). The minimum absolute atomic E-state index is 0.0228. The van der Waals surface area contributed by atoms with Gasteiger partial charge in [-0.1, -0.05) is 32.3 Å². The molecule has 0 aliphatic rings. The first-order valence-electron chi connectivity index (χ1n) is 8.12. The summed E-state index contributed by atoms with van der Waals surface area (Å²) in [6, 6.07) is 5.56. The van der Waals surface area contributed by atoms with Crippen molar-refractivity contribution < 1.29 is 9.59 Å². The van der Waals surface area contributed by atoms with E-state index in [9.17, 15) is 9.59 Å². The van der Waals surface area contributed by atoms with Crippen molar-refractivity contribution in [2.45, 2.75) is 64.8 Å². The highest BCUT2D eigenvalue weighted by molar-refractivity contribution is 5.90. The van der Waals surface area contributed by atoms with Gasteiger partial charge in [-0.15, -0.1) is 0 Å². The molecule has 1 atom stereocenters. The molecule has 122 valence electrons. The van der Waals surface area contributed by atoms with Crippen LogP contribution in [0.2, 0.25) is 0 Å². The highest BCUT2D eigenvalue weighted by Gasteiger charge is 2.09. The Labute approximate surface area is 132 Å². The van der Waals surface area contributed by atoms with Crippen molar-refractivity contribution in [3.05, 3.63) is 24.4 Å². The van der Waals surface area contributed by atoms with Crippen LogP contribution in [-0.2, 0) is 9.59 Å². The van der Waals surface area contributed by atoms with E-state index in [1.807, 2.05) is 13.0 Å². The molecule has 0 bridgehead atoms. The number of hydrogen-bond acceptors (Lipinski definition) is 3. The smallest absolute Gasteiger partial charge is 0.225 e. The van der Waals surface area contributed by atoms with Crippen molar-refractivity contribution in [2.24, 2.45) is 0 Å². The van der Waals surface area contributed by atoms with Crippen LogP contribution in [0, 0.1) is 0 Å². The van der Waals surface area contributed by atoms with Gasteiger partial charge < -0.3 is 10.6 Å². The summed E-state index contributed by atoms with van der Waals surface area (Å²) >= 11 is 0. The van der Waals surface area contributed by atoms with Gasteiger partial charge in [0, 0.05) is 25.1 Å². The van der Waals surface area contributed by atoms with E-state index >= 15 is 0 Å². The van der Waals surface area contributed by atoms with E-state index < -0.39 is 0 Å². The Hall–Kier alpha value is -1.91. The Bertz CT molecular complexity index is 448. The first-order chi connectivity index (χ1) is 10.6. The van der Waals surface area contributed by atoms with E-state index in [-0.39, 0.29) is 17.9 Å². The molecule has 0 spiro atoms. The second-order valence-electron chi connectivity index (χ2n) is 5.58. The molecule has 5 heteroatoms. The zero-order valence-corrected chi connectivity index (χ0v) is 13.6. The number of aromatic nitrogens is 1. The molecule has 0 saturated carbocycles. The zero-order valence-electron chi connectivity index (χ0n) is 13.6. The van der Waals surface area contributed by atoms with Crippen LogP contribution in [0.15, 0.2) is 24.4 Å². The SMILES string of the molecule is CCCCCC(C)NC(=O)CCCC(=O)Nc1ccccn1. The zero-order chi connectivity index (χ0) is 16.2. The van der Waals surface area contributed by atoms with Crippen LogP contribution in [0.5, 0.6) is 0 Å². The second-order valence-corrected chi connectivity index (χ2v) is 5.58. The Kier molecular flexibility index (Phi) is 8.88. The van der Waals surface area contributed by atoms with E-state index in [1.165, 1.54) is 12.8 Å². The lowest BCUT2D eigenvalue weighted by Crippen LogP contribution is -2.32. The Balaban J connectivity index is 2.12. The molecule has 0 aromatic carbocycles. The van der Waals surface area contributed by atoms with Crippen molar-refractivity contribution in [3.63, 3.8) is 0 Å². The molecule has 0 fully saturated rings. The fraction of sp³-hybridized carbons (Fsp3) is 0.588. The molecular weight excluding hydrogens is 278 g/mol. The van der Waals surface area contributed by atoms with Gasteiger partial charge in [0.25, 0.3) is 0 Å². The first kappa shape index (κ1) is 18.1. The molecule has 1 aromatic heterocycles. The summed E-state index contributed by atoms with van der Waals surface area (Å²) in [6.07, 6.45) is 7.43. The summed E-state index contributed by atoms with van der Waals surface area (Å²) in [5.41, 5.74) is 0. The van der Waals surface area contributed by atoms with E-state index in [0.29, 0.717) is 25.1 Å². The largest absolute Gasteiger partial charge is 0.354 e. The van der Waals surface area contributed by atoms with Crippen LogP contribution >= 0.6 is 0 Å². The lowest BCUT2D eigenvalue weighted by Gasteiger charge is -2.13. The lowest BCUT2D eigenvalue weighted by atomic mass is 10.1. The summed E-state index contributed by atoms with van der Waals surface area (Å²) in [7, 11) is 0. The molecule has 2 amide bonds. The summed E-state index contributed by atoms with van der Waals surface area (Å²) in [4.78, 5) is 27.5. The van der Waals surface area contributed by atoms with Gasteiger partial charge in [-0.3, -0.25) is 9.59 Å². The molecule has 22 heavy (non-hydrogen) atoms. The maximum absolute atomic E-state index is 11.8. The third-order valence-electron chi connectivity index (χ3n) is 3.39. The van der Waals surface area contributed by atoms with Crippen molar-refractivity contribution >= 4 is 17.6 Å². The van der Waals surface area contributed by atoms with Crippen LogP contribution < -0.4 is 10.6 Å². The minimum atomic E-state index is -0.109. The van der Waals surface area contributed by atoms with Gasteiger partial charge in [-0.25, -0.2) is 4.98 Å². The van der Waals surface area contributed by atoms with E-state index in [2.05, 4.69) is 22.5 Å². The van der Waals surface area contributed by atoms with Crippen LogP contribution in [0.25, 0.3) is 0 Å². The van der Waals surface area contributed by atoms with E-state index in [4.69, 9.17) is 0 Å². The van der Waals surface area contributed by atoms with Crippen LogP contribution in [0.3, 0.4) is 0 Å². The molecule has 5 nitrogen and oxygen atoms in total. The van der Waals surface area contributed by atoms with Crippen LogP contribution in [0.1, 0.15) is 58.8 Å². The second kappa shape index (κ2) is 10.8. The average molecular weight is 305 g/mol. The third-order valence-corrected chi connectivity index (χ3v) is 3.39. The first-order valence-corrected chi connectivity index (χ1v) is 8.12. The maximum atomic E-state index is 11.8. The van der Waals surface area contributed by atoms with Gasteiger partial charge in [-0.05, 0) is 31.9 Å². The molecule has 1 aromatic rings. The standard InChI is InChI=1S/C17H27N3O2/c1-3-4-5-9-14(2)19-16(21)11-8-12-17(22)20-15-10-6-7-13-18-15/h6-7,10,13-14H,3-5,8-9,11-12H2,1-2H3,(H,19,21)(H,18,20,22). The quantitative estimate of drug-likeness (QED) is 0.652. The molecular formula is C17H27N3O2. The van der Waals surface area contributed by atoms with E-state index in [0.717, 1.165) is 12.8 Å². The number of nitrogens with zero attached hydrogens (tertiary/aromatic N) is 1. The topological polar surface area (TPSA) is 71.1 Å². The highest BCUT2D eigenvalue weighted by atomic mass is 16.2. The van der Waals surface area contributed by atoms with Crippen LogP contribution in [0.4, 0.5) is 5.82 Å². The van der Waals surface area contributed by atoms with Gasteiger partial charge in [0.1, 0.15) is 5.82 Å². The molecule has 1 unspecified atom stereocenters. The van der Waals surface area contributed by atoms with Gasteiger partial charge >= 0.3 is 0 Å². The molecule has 0 saturated heterocycles. The lowest BCUT2D eigenvalue weighted by molar-refractivity contribution is -0.122. The summed E-state index contributed by atoms with van der Waals surface area (Å²) in [5.74, 6) is 0.457.